The zero-order chi connectivity index (χ0) is 17.8. The molecule has 6 heteroatoms. The van der Waals surface area contributed by atoms with E-state index in [1.807, 2.05) is 20.8 Å². The second kappa shape index (κ2) is 8.13. The Hall–Kier alpha value is -1.69. The standard InChI is InChI=1S/C19H27N3O2S/c1-4-24-19(23)16-12(2)15-17(20-13(3)21-18(15)25-16)22-14-10-8-6-5-7-9-11-14/h14H,4-11H2,1-3H3,(H,20,21,22). The molecule has 0 amide bonds. The Labute approximate surface area is 153 Å². The third-order valence-electron chi connectivity index (χ3n) is 4.81. The lowest BCUT2D eigenvalue weighted by Crippen LogP contribution is -2.21. The summed E-state index contributed by atoms with van der Waals surface area (Å²) in [5.41, 5.74) is 0.923. The molecule has 0 bridgehead atoms. The van der Waals surface area contributed by atoms with Crippen molar-refractivity contribution in [3.63, 3.8) is 0 Å². The summed E-state index contributed by atoms with van der Waals surface area (Å²) in [5.74, 6) is 1.34. The van der Waals surface area contributed by atoms with Gasteiger partial charge in [0.05, 0.1) is 12.0 Å². The van der Waals surface area contributed by atoms with Crippen molar-refractivity contribution in [2.45, 2.75) is 71.8 Å². The number of hydrogen-bond acceptors (Lipinski definition) is 6. The molecule has 3 rings (SSSR count). The molecule has 1 N–H and O–H groups in total. The summed E-state index contributed by atoms with van der Waals surface area (Å²) in [7, 11) is 0. The van der Waals surface area contributed by atoms with Crippen LogP contribution in [-0.2, 0) is 4.74 Å². The number of nitrogens with one attached hydrogen (secondary N) is 1. The van der Waals surface area contributed by atoms with Gasteiger partial charge in [0, 0.05) is 6.04 Å². The van der Waals surface area contributed by atoms with Gasteiger partial charge in [-0.3, -0.25) is 0 Å². The number of rotatable bonds is 4. The van der Waals surface area contributed by atoms with Crippen LogP contribution in [-0.4, -0.2) is 28.6 Å². The van der Waals surface area contributed by atoms with E-state index >= 15 is 0 Å². The number of esters is 1. The first-order chi connectivity index (χ1) is 12.1. The van der Waals surface area contributed by atoms with Gasteiger partial charge in [-0.1, -0.05) is 32.1 Å². The molecule has 136 valence electrons. The average molecular weight is 362 g/mol. The quantitative estimate of drug-likeness (QED) is 0.776. The normalized spacial score (nSPS) is 16.4. The molecule has 0 aromatic carbocycles. The molecule has 2 heterocycles. The summed E-state index contributed by atoms with van der Waals surface area (Å²) >= 11 is 1.40. The van der Waals surface area contributed by atoms with E-state index in [9.17, 15) is 4.79 Å². The molecule has 25 heavy (non-hydrogen) atoms. The molecular formula is C19H27N3O2S. The van der Waals surface area contributed by atoms with E-state index in [-0.39, 0.29) is 5.97 Å². The molecule has 2 aromatic rings. The van der Waals surface area contributed by atoms with Gasteiger partial charge in [-0.2, -0.15) is 0 Å². The maximum absolute atomic E-state index is 12.2. The van der Waals surface area contributed by atoms with E-state index < -0.39 is 0 Å². The minimum Gasteiger partial charge on any atom is -0.462 e. The Morgan fingerprint density at radius 3 is 2.52 bits per heavy atom. The van der Waals surface area contributed by atoms with E-state index in [1.165, 1.54) is 56.3 Å². The molecule has 0 saturated heterocycles. The summed E-state index contributed by atoms with van der Waals surface area (Å²) in [4.78, 5) is 22.9. The average Bonchev–Trinajstić information content (AvgIpc) is 2.87. The second-order valence-corrected chi connectivity index (χ2v) is 7.76. The third kappa shape index (κ3) is 4.11. The first kappa shape index (κ1) is 18.1. The largest absolute Gasteiger partial charge is 0.462 e. The Kier molecular flexibility index (Phi) is 5.89. The fourth-order valence-corrected chi connectivity index (χ4v) is 4.66. The topological polar surface area (TPSA) is 64.1 Å². The van der Waals surface area contributed by atoms with Crippen LogP contribution in [0.3, 0.4) is 0 Å². The summed E-state index contributed by atoms with van der Waals surface area (Å²) < 4.78 is 5.19. The number of anilines is 1. The smallest absolute Gasteiger partial charge is 0.348 e. The number of aromatic nitrogens is 2. The van der Waals surface area contributed by atoms with E-state index in [0.29, 0.717) is 17.5 Å². The number of carbonyl (C=O) groups is 1. The Bertz CT molecular complexity index is 749. The zero-order valence-corrected chi connectivity index (χ0v) is 16.2. The van der Waals surface area contributed by atoms with Crippen LogP contribution in [0.5, 0.6) is 0 Å². The SMILES string of the molecule is CCOC(=O)c1sc2nc(C)nc(NC3CCCCCCC3)c2c1C. The van der Waals surface area contributed by atoms with Crippen molar-refractivity contribution < 1.29 is 9.53 Å². The number of nitrogens with zero attached hydrogens (tertiary/aromatic N) is 2. The molecule has 1 saturated carbocycles. The van der Waals surface area contributed by atoms with Crippen LogP contribution >= 0.6 is 11.3 Å². The number of ether oxygens (including phenoxy) is 1. The molecule has 2 aromatic heterocycles. The highest BCUT2D eigenvalue weighted by atomic mass is 32.1. The molecule has 0 unspecified atom stereocenters. The van der Waals surface area contributed by atoms with Crippen LogP contribution in [0, 0.1) is 13.8 Å². The summed E-state index contributed by atoms with van der Waals surface area (Å²) in [5, 5.41) is 4.63. The Balaban J connectivity index is 1.94. The van der Waals surface area contributed by atoms with Crippen molar-refractivity contribution >= 4 is 33.3 Å². The molecule has 0 aliphatic heterocycles. The van der Waals surface area contributed by atoms with E-state index in [0.717, 1.165) is 27.4 Å². The maximum Gasteiger partial charge on any atom is 0.348 e. The molecule has 1 fully saturated rings. The predicted octanol–water partition coefficient (Wildman–Crippen LogP) is 5.01. The molecule has 1 aliphatic rings. The fourth-order valence-electron chi connectivity index (χ4n) is 3.54. The number of aryl methyl sites for hydroxylation is 2. The number of carbonyl (C=O) groups excluding carboxylic acids is 1. The van der Waals surface area contributed by atoms with Crippen molar-refractivity contribution in [3.05, 3.63) is 16.3 Å². The van der Waals surface area contributed by atoms with Crippen molar-refractivity contribution in [1.29, 1.82) is 0 Å². The molecule has 0 radical (unpaired) electrons. The molecule has 0 atom stereocenters. The highest BCUT2D eigenvalue weighted by Crippen LogP contribution is 2.35. The first-order valence-electron chi connectivity index (χ1n) is 9.31. The lowest BCUT2D eigenvalue weighted by Gasteiger charge is -2.22. The van der Waals surface area contributed by atoms with Gasteiger partial charge in [0.25, 0.3) is 0 Å². The van der Waals surface area contributed by atoms with Gasteiger partial charge in [-0.25, -0.2) is 14.8 Å². The van der Waals surface area contributed by atoms with Crippen molar-refractivity contribution in [2.75, 3.05) is 11.9 Å². The molecule has 1 aliphatic carbocycles. The second-order valence-electron chi connectivity index (χ2n) is 6.76. The van der Waals surface area contributed by atoms with Crippen molar-refractivity contribution in [1.82, 2.24) is 9.97 Å². The first-order valence-corrected chi connectivity index (χ1v) is 10.1. The monoisotopic (exact) mass is 361 g/mol. The number of thiophene rings is 1. The maximum atomic E-state index is 12.2. The van der Waals surface area contributed by atoms with Gasteiger partial charge in [-0.15, -0.1) is 11.3 Å². The molecule has 0 spiro atoms. The van der Waals surface area contributed by atoms with Gasteiger partial charge >= 0.3 is 5.97 Å². The summed E-state index contributed by atoms with van der Waals surface area (Å²) in [6.07, 6.45) is 8.89. The lowest BCUT2D eigenvalue weighted by atomic mass is 9.96. The zero-order valence-electron chi connectivity index (χ0n) is 15.4. The van der Waals surface area contributed by atoms with Gasteiger partial charge < -0.3 is 10.1 Å². The van der Waals surface area contributed by atoms with Crippen LogP contribution in [0.2, 0.25) is 0 Å². The van der Waals surface area contributed by atoms with Gasteiger partial charge in [0.1, 0.15) is 21.3 Å². The van der Waals surface area contributed by atoms with Crippen LogP contribution in [0.15, 0.2) is 0 Å². The third-order valence-corrected chi connectivity index (χ3v) is 5.97. The van der Waals surface area contributed by atoms with Crippen LogP contribution < -0.4 is 5.32 Å². The van der Waals surface area contributed by atoms with Crippen molar-refractivity contribution in [3.8, 4) is 0 Å². The molecule has 5 nitrogen and oxygen atoms in total. The predicted molar refractivity (Wildman–Crippen MR) is 103 cm³/mol. The van der Waals surface area contributed by atoms with E-state index in [2.05, 4.69) is 15.3 Å². The minimum absolute atomic E-state index is 0.266. The highest BCUT2D eigenvalue weighted by molar-refractivity contribution is 7.20. The fraction of sp³-hybridized carbons (Fsp3) is 0.632. The summed E-state index contributed by atoms with van der Waals surface area (Å²) in [6.45, 7) is 6.07. The lowest BCUT2D eigenvalue weighted by molar-refractivity contribution is 0.0531. The van der Waals surface area contributed by atoms with Gasteiger partial charge in [-0.05, 0) is 39.2 Å². The van der Waals surface area contributed by atoms with Crippen molar-refractivity contribution in [2.24, 2.45) is 0 Å². The number of hydrogen-bond donors (Lipinski definition) is 1. The van der Waals surface area contributed by atoms with Crippen LogP contribution in [0.4, 0.5) is 5.82 Å². The molecular weight excluding hydrogens is 334 g/mol. The highest BCUT2D eigenvalue weighted by Gasteiger charge is 2.22. The number of fused-ring (bicyclic) bond motifs is 1. The summed E-state index contributed by atoms with van der Waals surface area (Å²) in [6, 6.07) is 0.447. The van der Waals surface area contributed by atoms with Gasteiger partial charge in [0.15, 0.2) is 0 Å². The Morgan fingerprint density at radius 2 is 1.84 bits per heavy atom. The van der Waals surface area contributed by atoms with E-state index in [4.69, 9.17) is 4.74 Å². The minimum atomic E-state index is -0.266. The van der Waals surface area contributed by atoms with Gasteiger partial charge in [0.2, 0.25) is 0 Å². The van der Waals surface area contributed by atoms with Crippen LogP contribution in [0.25, 0.3) is 10.2 Å². The van der Waals surface area contributed by atoms with E-state index in [1.54, 1.807) is 0 Å². The van der Waals surface area contributed by atoms with Crippen LogP contribution in [0.1, 0.15) is 72.9 Å². The Morgan fingerprint density at radius 1 is 1.16 bits per heavy atom.